The molecule has 0 saturated heterocycles. The first-order valence-corrected chi connectivity index (χ1v) is 5.20. The fourth-order valence-corrected chi connectivity index (χ4v) is 2.70. The summed E-state index contributed by atoms with van der Waals surface area (Å²) in [6.45, 7) is 0. The van der Waals surface area contributed by atoms with Crippen LogP contribution in [-0.4, -0.2) is 0 Å². The van der Waals surface area contributed by atoms with Crippen LogP contribution >= 0.6 is 0 Å². The lowest BCUT2D eigenvalue weighted by molar-refractivity contribution is 0.874. The summed E-state index contributed by atoms with van der Waals surface area (Å²) in [5.74, 6) is 5.54. The van der Waals surface area contributed by atoms with Gasteiger partial charge in [0.15, 0.2) is 0 Å². The van der Waals surface area contributed by atoms with E-state index >= 15 is 0 Å². The average Bonchev–Trinajstić information content (AvgIpc) is 2.65. The minimum atomic E-state index is 1.07. The molecule has 0 aromatic heterocycles. The zero-order chi connectivity index (χ0) is 9.54. The van der Waals surface area contributed by atoms with Gasteiger partial charge in [-0.05, 0) is 36.5 Å². The van der Waals surface area contributed by atoms with Gasteiger partial charge in [0.2, 0.25) is 0 Å². The number of hydrazine groups is 1. The summed E-state index contributed by atoms with van der Waals surface area (Å²) in [6.07, 6.45) is 4.73. The minimum absolute atomic E-state index is 1.07. The molecule has 2 nitrogen and oxygen atoms in total. The molecule has 0 bridgehead atoms. The van der Waals surface area contributed by atoms with Crippen LogP contribution in [-0.2, 0) is 6.42 Å². The molecule has 3 rings (SSSR count). The van der Waals surface area contributed by atoms with Gasteiger partial charge in [-0.25, -0.2) is 0 Å². The van der Waals surface area contributed by atoms with Crippen LogP contribution in [0.3, 0.4) is 0 Å². The van der Waals surface area contributed by atoms with E-state index in [0.29, 0.717) is 0 Å². The lowest BCUT2D eigenvalue weighted by atomic mass is 9.99. The summed E-state index contributed by atoms with van der Waals surface area (Å²) in [6, 6.07) is 6.56. The summed E-state index contributed by atoms with van der Waals surface area (Å²) in [5.41, 5.74) is 7.18. The molecule has 0 aliphatic heterocycles. The molecule has 2 aliphatic rings. The number of benzene rings is 1. The van der Waals surface area contributed by atoms with Crippen LogP contribution < -0.4 is 21.7 Å². The van der Waals surface area contributed by atoms with Crippen LogP contribution in [0.5, 0.6) is 0 Å². The van der Waals surface area contributed by atoms with E-state index in [-0.39, 0.29) is 0 Å². The molecule has 0 fully saturated rings. The van der Waals surface area contributed by atoms with Crippen molar-refractivity contribution in [1.29, 1.82) is 0 Å². The summed E-state index contributed by atoms with van der Waals surface area (Å²) in [5, 5.41) is 2.83. The third-order valence-corrected chi connectivity index (χ3v) is 3.38. The van der Waals surface area contributed by atoms with Crippen molar-refractivity contribution in [3.05, 3.63) is 34.2 Å². The topological polar surface area (TPSA) is 38.0 Å². The lowest BCUT2D eigenvalue weighted by Gasteiger charge is -2.13. The third-order valence-electron chi connectivity index (χ3n) is 3.38. The first-order chi connectivity index (χ1) is 6.90. The highest BCUT2D eigenvalue weighted by molar-refractivity contribution is 5.61. The Bertz CT molecular complexity index is 500. The van der Waals surface area contributed by atoms with E-state index in [2.05, 4.69) is 23.6 Å². The molecular weight excluding hydrogens is 172 g/mol. The Hall–Kier alpha value is -1.28. The zero-order valence-electron chi connectivity index (χ0n) is 8.14. The Morgan fingerprint density at radius 1 is 1.07 bits per heavy atom. The van der Waals surface area contributed by atoms with Crippen molar-refractivity contribution in [3.8, 4) is 0 Å². The van der Waals surface area contributed by atoms with Gasteiger partial charge in [0.25, 0.3) is 0 Å². The number of nitrogens with two attached hydrogens (primary N) is 1. The monoisotopic (exact) mass is 186 g/mol. The molecule has 0 spiro atoms. The number of hydrogen-bond acceptors (Lipinski definition) is 2. The van der Waals surface area contributed by atoms with Gasteiger partial charge in [0, 0.05) is 10.9 Å². The fourth-order valence-electron chi connectivity index (χ4n) is 2.70. The second kappa shape index (κ2) is 2.85. The molecule has 2 aliphatic carbocycles. The maximum absolute atomic E-state index is 5.54. The average molecular weight is 186 g/mol. The standard InChI is InChI=1S/C12H14N2/c13-14-11-7-6-9-5-4-8-2-1-3-10(11)12(8)9/h1-3,14H,4-7,13H2. The van der Waals surface area contributed by atoms with Crippen LogP contribution in [0.15, 0.2) is 18.2 Å². The van der Waals surface area contributed by atoms with Crippen molar-refractivity contribution in [2.24, 2.45) is 5.84 Å². The molecule has 1 aromatic rings. The maximum Gasteiger partial charge on any atom is 0.0340 e. The molecule has 0 heterocycles. The highest BCUT2D eigenvalue weighted by Gasteiger charge is 2.17. The van der Waals surface area contributed by atoms with Crippen LogP contribution in [0.25, 0.3) is 11.3 Å². The zero-order valence-corrected chi connectivity index (χ0v) is 8.14. The number of nitrogens with one attached hydrogen (secondary N) is 1. The highest BCUT2D eigenvalue weighted by Crippen LogP contribution is 2.22. The van der Waals surface area contributed by atoms with Gasteiger partial charge in [-0.3, -0.25) is 5.84 Å². The molecule has 0 atom stereocenters. The van der Waals surface area contributed by atoms with E-state index in [1.54, 1.807) is 5.57 Å². The fraction of sp³-hybridized carbons (Fsp3) is 0.333. The molecule has 3 N–H and O–H groups in total. The van der Waals surface area contributed by atoms with E-state index < -0.39 is 0 Å². The molecule has 1 aromatic carbocycles. The molecule has 0 unspecified atom stereocenters. The van der Waals surface area contributed by atoms with Crippen LogP contribution in [0.4, 0.5) is 0 Å². The Morgan fingerprint density at radius 3 is 2.79 bits per heavy atom. The minimum Gasteiger partial charge on any atom is -0.328 e. The third kappa shape index (κ3) is 0.946. The summed E-state index contributed by atoms with van der Waals surface area (Å²) >= 11 is 0. The second-order valence-corrected chi connectivity index (χ2v) is 4.07. The van der Waals surface area contributed by atoms with Crippen molar-refractivity contribution >= 4 is 11.3 Å². The molecular formula is C12H14N2. The predicted octanol–water partition coefficient (Wildman–Crippen LogP) is 0.149. The number of aryl methyl sites for hydroxylation is 1. The number of hydrogen-bond donors (Lipinski definition) is 2. The Kier molecular flexibility index (Phi) is 1.64. The first-order valence-electron chi connectivity index (χ1n) is 5.20. The van der Waals surface area contributed by atoms with E-state index in [1.807, 2.05) is 0 Å². The van der Waals surface area contributed by atoms with Crippen molar-refractivity contribution in [1.82, 2.24) is 5.43 Å². The summed E-state index contributed by atoms with van der Waals surface area (Å²) in [4.78, 5) is 0. The van der Waals surface area contributed by atoms with E-state index in [0.717, 1.165) is 6.42 Å². The molecule has 0 amide bonds. The van der Waals surface area contributed by atoms with Gasteiger partial charge in [-0.1, -0.05) is 23.8 Å². The predicted molar refractivity (Wildman–Crippen MR) is 57.4 cm³/mol. The summed E-state index contributed by atoms with van der Waals surface area (Å²) < 4.78 is 0. The molecule has 14 heavy (non-hydrogen) atoms. The second-order valence-electron chi connectivity index (χ2n) is 4.07. The van der Waals surface area contributed by atoms with E-state index in [4.69, 9.17) is 5.84 Å². The quantitative estimate of drug-likeness (QED) is 0.484. The molecule has 2 heteroatoms. The lowest BCUT2D eigenvalue weighted by Crippen LogP contribution is -2.38. The van der Waals surface area contributed by atoms with Crippen molar-refractivity contribution < 1.29 is 0 Å². The Labute approximate surface area is 83.1 Å². The summed E-state index contributed by atoms with van der Waals surface area (Å²) in [7, 11) is 0. The van der Waals surface area contributed by atoms with Gasteiger partial charge < -0.3 is 5.43 Å². The Morgan fingerprint density at radius 2 is 1.93 bits per heavy atom. The number of rotatable bonds is 1. The first kappa shape index (κ1) is 8.06. The molecule has 0 saturated carbocycles. The maximum atomic E-state index is 5.54. The largest absolute Gasteiger partial charge is 0.328 e. The van der Waals surface area contributed by atoms with Crippen molar-refractivity contribution in [2.45, 2.75) is 25.7 Å². The SMILES string of the molecule is NNC1=c2cccc3c2=C(CC1)CC3. The van der Waals surface area contributed by atoms with Crippen molar-refractivity contribution in [2.75, 3.05) is 0 Å². The smallest absolute Gasteiger partial charge is 0.0340 e. The van der Waals surface area contributed by atoms with Gasteiger partial charge in [0.1, 0.15) is 0 Å². The van der Waals surface area contributed by atoms with Gasteiger partial charge in [0.05, 0.1) is 0 Å². The highest BCUT2D eigenvalue weighted by atomic mass is 15.2. The Balaban J connectivity index is 2.48. The normalized spacial score (nSPS) is 18.4. The van der Waals surface area contributed by atoms with Gasteiger partial charge in [-0.2, -0.15) is 0 Å². The van der Waals surface area contributed by atoms with Gasteiger partial charge in [-0.15, -0.1) is 0 Å². The van der Waals surface area contributed by atoms with Crippen LogP contribution in [0.2, 0.25) is 0 Å². The van der Waals surface area contributed by atoms with Crippen molar-refractivity contribution in [3.63, 3.8) is 0 Å². The van der Waals surface area contributed by atoms with E-state index in [9.17, 15) is 0 Å². The van der Waals surface area contributed by atoms with Crippen LogP contribution in [0.1, 0.15) is 24.8 Å². The van der Waals surface area contributed by atoms with Crippen LogP contribution in [0, 0.1) is 0 Å². The van der Waals surface area contributed by atoms with E-state index in [1.165, 1.54) is 41.0 Å². The van der Waals surface area contributed by atoms with Gasteiger partial charge >= 0.3 is 0 Å². The molecule has 0 radical (unpaired) electrons. The molecule has 72 valence electrons.